The Morgan fingerprint density at radius 2 is 1.56 bits per heavy atom. The number of benzene rings is 4. The average molecular weight is 732 g/mol. The summed E-state index contributed by atoms with van der Waals surface area (Å²) < 4.78 is 44.3. The van der Waals surface area contributed by atoms with E-state index in [2.05, 4.69) is 11.0 Å². The van der Waals surface area contributed by atoms with E-state index in [4.69, 9.17) is 23.5 Å². The van der Waals surface area contributed by atoms with Crippen LogP contribution in [0.15, 0.2) is 69.5 Å². The van der Waals surface area contributed by atoms with Crippen LogP contribution in [0.25, 0.3) is 56.2 Å². The summed E-state index contributed by atoms with van der Waals surface area (Å²) in [6.45, 7) is 4.46. The number of aromatic nitrogens is 2. The van der Waals surface area contributed by atoms with Crippen LogP contribution in [0.4, 0.5) is 8.78 Å². The van der Waals surface area contributed by atoms with E-state index >= 15 is 0 Å². The second-order valence-electron chi connectivity index (χ2n) is 14.2. The van der Waals surface area contributed by atoms with Gasteiger partial charge in [-0.25, -0.2) is 9.97 Å². The average Bonchev–Trinajstić information content (AvgIpc) is 3.91. The number of halogens is 2. The molecule has 6 aromatic rings. The van der Waals surface area contributed by atoms with Crippen LogP contribution < -0.4 is 4.74 Å². The molecule has 0 unspecified atom stereocenters. The molecule has 0 radical (unpaired) electrons. The van der Waals surface area contributed by atoms with E-state index in [0.29, 0.717) is 58.9 Å². The van der Waals surface area contributed by atoms with Gasteiger partial charge in [0, 0.05) is 35.8 Å². The Hall–Kier alpha value is -5.64. The molecule has 2 aliphatic rings. The molecule has 1 atom stereocenters. The highest BCUT2D eigenvalue weighted by atomic mass is 19.3. The number of rotatable bonds is 10. The molecule has 2 saturated heterocycles. The molecule has 1 N–H and O–H groups in total. The lowest BCUT2D eigenvalue weighted by Gasteiger charge is -2.26. The maximum atomic E-state index is 13.5. The summed E-state index contributed by atoms with van der Waals surface area (Å²) in [7, 11) is 0. The number of oxazole rings is 2. The Morgan fingerprint density at radius 1 is 0.889 bits per heavy atom. The van der Waals surface area contributed by atoms with E-state index < -0.39 is 18.6 Å². The predicted molar refractivity (Wildman–Crippen MR) is 199 cm³/mol. The Kier molecular flexibility index (Phi) is 9.60. The SMILES string of the molecule is Cc1c(-c2nc3cc(CN4CCC[C@H]4C(=O)O)c(OC(F)F)cc3o2)cccc1-c1cccc(-c2nc3cc(CN4CCCCC4)cc(C#N)c3o2)c1C. The second-order valence-corrected chi connectivity index (χ2v) is 14.2. The molecule has 4 aromatic carbocycles. The fraction of sp³-hybridized carbons (Fsp3) is 0.333. The molecule has 276 valence electrons. The minimum atomic E-state index is -3.07. The summed E-state index contributed by atoms with van der Waals surface area (Å²) in [5, 5.41) is 19.7. The van der Waals surface area contributed by atoms with Crippen LogP contribution in [0.1, 0.15) is 59.9 Å². The highest BCUT2D eigenvalue weighted by Crippen LogP contribution is 2.39. The number of likely N-dealkylation sites (tertiary alicyclic amines) is 2. The molecule has 8 rings (SSSR count). The first-order valence-electron chi connectivity index (χ1n) is 18.3. The minimum Gasteiger partial charge on any atom is -0.480 e. The van der Waals surface area contributed by atoms with Crippen molar-refractivity contribution in [1.82, 2.24) is 19.8 Å². The molecule has 0 amide bonds. The third kappa shape index (κ3) is 6.81. The Labute approximate surface area is 310 Å². The van der Waals surface area contributed by atoms with Gasteiger partial charge >= 0.3 is 12.6 Å². The van der Waals surface area contributed by atoms with Crippen LogP contribution in [0, 0.1) is 25.2 Å². The molecule has 4 heterocycles. The minimum absolute atomic E-state index is 0.0755. The topological polar surface area (TPSA) is 129 Å². The van der Waals surface area contributed by atoms with Gasteiger partial charge in [-0.3, -0.25) is 14.6 Å². The van der Waals surface area contributed by atoms with Crippen LogP contribution in [-0.2, 0) is 17.9 Å². The highest BCUT2D eigenvalue weighted by molar-refractivity contribution is 5.86. The number of carboxylic acid groups (broad SMARTS) is 1. The number of ether oxygens (including phenoxy) is 1. The van der Waals surface area contributed by atoms with E-state index in [1.54, 1.807) is 11.0 Å². The fourth-order valence-electron chi connectivity index (χ4n) is 8.03. The van der Waals surface area contributed by atoms with E-state index in [0.717, 1.165) is 58.6 Å². The summed E-state index contributed by atoms with van der Waals surface area (Å²) in [5.74, 6) is -0.270. The van der Waals surface area contributed by atoms with E-state index in [1.807, 2.05) is 62.4 Å². The lowest BCUT2D eigenvalue weighted by atomic mass is 9.91. The summed E-state index contributed by atoms with van der Waals surface area (Å²) >= 11 is 0. The molecule has 0 saturated carbocycles. The summed E-state index contributed by atoms with van der Waals surface area (Å²) in [4.78, 5) is 25.6. The van der Waals surface area contributed by atoms with E-state index in [9.17, 15) is 23.9 Å². The Bertz CT molecular complexity index is 2430. The first-order chi connectivity index (χ1) is 26.2. The zero-order valence-corrected chi connectivity index (χ0v) is 30.1. The van der Waals surface area contributed by atoms with E-state index in [1.165, 1.54) is 25.3 Å². The molecule has 2 aromatic heterocycles. The van der Waals surface area contributed by atoms with Gasteiger partial charge in [-0.1, -0.05) is 30.7 Å². The standard InChI is InChI=1S/C42H39F2N5O5/c1-24-29(30-10-7-12-32(25(30)2)40-47-34-18-26(17-27(21-45)38(34)54-40)22-48-14-4-3-5-15-48)9-6-11-31(24)39-46-33-19-28(23-49-16-8-13-35(49)41(50)51)36(53-42(43)44)20-37(33)52-39/h6-7,9-12,17-20,35,42H,3-5,8,13-16,22-23H2,1-2H3,(H,50,51)/t35-/m0/s1. The van der Waals surface area contributed by atoms with Gasteiger partial charge in [0.2, 0.25) is 11.8 Å². The summed E-state index contributed by atoms with van der Waals surface area (Å²) in [5.41, 5.74) is 9.01. The first kappa shape index (κ1) is 35.4. The molecular formula is C42H39F2N5O5. The number of carbonyl (C=O) groups is 1. The zero-order chi connectivity index (χ0) is 37.5. The van der Waals surface area contributed by atoms with Gasteiger partial charge < -0.3 is 18.7 Å². The van der Waals surface area contributed by atoms with Crippen molar-refractivity contribution in [2.24, 2.45) is 0 Å². The Balaban J connectivity index is 1.13. The molecular weight excluding hydrogens is 692 g/mol. The van der Waals surface area contributed by atoms with Gasteiger partial charge in [-0.05, 0) is 117 Å². The maximum absolute atomic E-state index is 13.5. The van der Waals surface area contributed by atoms with Crippen molar-refractivity contribution in [2.75, 3.05) is 19.6 Å². The molecule has 2 fully saturated rings. The maximum Gasteiger partial charge on any atom is 0.387 e. The highest BCUT2D eigenvalue weighted by Gasteiger charge is 2.31. The largest absolute Gasteiger partial charge is 0.480 e. The van der Waals surface area contributed by atoms with Crippen molar-refractivity contribution in [1.29, 1.82) is 5.26 Å². The molecule has 0 spiro atoms. The van der Waals surface area contributed by atoms with Crippen molar-refractivity contribution in [2.45, 2.75) is 71.7 Å². The number of hydrogen-bond acceptors (Lipinski definition) is 9. The quantitative estimate of drug-likeness (QED) is 0.146. The third-order valence-electron chi connectivity index (χ3n) is 10.8. The van der Waals surface area contributed by atoms with Gasteiger partial charge in [-0.2, -0.15) is 14.0 Å². The first-order valence-corrected chi connectivity index (χ1v) is 18.3. The predicted octanol–water partition coefficient (Wildman–Crippen LogP) is 9.09. The number of alkyl halides is 2. The molecule has 12 heteroatoms. The number of aliphatic carboxylic acids is 1. The normalized spacial score (nSPS) is 16.8. The molecule has 54 heavy (non-hydrogen) atoms. The number of fused-ring (bicyclic) bond motifs is 2. The van der Waals surface area contributed by atoms with Gasteiger partial charge in [0.1, 0.15) is 28.9 Å². The van der Waals surface area contributed by atoms with Gasteiger partial charge in [0.25, 0.3) is 0 Å². The van der Waals surface area contributed by atoms with Crippen LogP contribution >= 0.6 is 0 Å². The van der Waals surface area contributed by atoms with E-state index in [-0.39, 0.29) is 17.9 Å². The molecule has 2 aliphatic heterocycles. The lowest BCUT2D eigenvalue weighted by Crippen LogP contribution is -2.35. The lowest BCUT2D eigenvalue weighted by molar-refractivity contribution is -0.142. The van der Waals surface area contributed by atoms with Gasteiger partial charge in [0.05, 0.1) is 5.56 Å². The van der Waals surface area contributed by atoms with Crippen molar-refractivity contribution in [3.05, 3.63) is 88.5 Å². The van der Waals surface area contributed by atoms with Crippen LogP contribution in [0.5, 0.6) is 5.75 Å². The number of nitrogens with zero attached hydrogens (tertiary/aromatic N) is 5. The monoisotopic (exact) mass is 731 g/mol. The number of piperidine rings is 1. The number of carboxylic acids is 1. The third-order valence-corrected chi connectivity index (χ3v) is 10.8. The zero-order valence-electron chi connectivity index (χ0n) is 30.1. The van der Waals surface area contributed by atoms with Gasteiger partial charge in [-0.15, -0.1) is 0 Å². The second kappa shape index (κ2) is 14.6. The van der Waals surface area contributed by atoms with Crippen molar-refractivity contribution < 1.29 is 32.3 Å². The smallest absolute Gasteiger partial charge is 0.387 e. The van der Waals surface area contributed by atoms with Crippen LogP contribution in [-0.4, -0.2) is 63.1 Å². The Morgan fingerprint density at radius 3 is 2.22 bits per heavy atom. The van der Waals surface area contributed by atoms with Crippen molar-refractivity contribution >= 4 is 28.2 Å². The summed E-state index contributed by atoms with van der Waals surface area (Å²) in [6.07, 6.45) is 4.82. The van der Waals surface area contributed by atoms with Gasteiger partial charge in [0.15, 0.2) is 11.2 Å². The number of nitriles is 1. The van der Waals surface area contributed by atoms with Crippen LogP contribution in [0.3, 0.4) is 0 Å². The molecule has 0 bridgehead atoms. The fourth-order valence-corrected chi connectivity index (χ4v) is 8.03. The van der Waals surface area contributed by atoms with Crippen molar-refractivity contribution in [3.8, 4) is 45.9 Å². The molecule has 10 nitrogen and oxygen atoms in total. The molecule has 0 aliphatic carbocycles. The number of hydrogen-bond donors (Lipinski definition) is 1. The van der Waals surface area contributed by atoms with Crippen molar-refractivity contribution in [3.63, 3.8) is 0 Å². The summed E-state index contributed by atoms with van der Waals surface area (Å²) in [6, 6.07) is 20.4. The van der Waals surface area contributed by atoms with Crippen LogP contribution in [0.2, 0.25) is 0 Å².